The first-order valence-electron chi connectivity index (χ1n) is 0.267. The van der Waals surface area contributed by atoms with Crippen LogP contribution in [0.25, 0.3) is 0 Å². The molecule has 0 aliphatic heterocycles. The van der Waals surface area contributed by atoms with Crippen LogP contribution in [0.15, 0.2) is 0 Å². The third-order valence-electron chi connectivity index (χ3n) is 0. The van der Waals surface area contributed by atoms with Gasteiger partial charge in [0.25, 0.3) is 0 Å². The Labute approximate surface area is 55.8 Å². The van der Waals surface area contributed by atoms with Gasteiger partial charge in [0.05, 0.1) is 0 Å². The van der Waals surface area contributed by atoms with Gasteiger partial charge in [0.15, 0.2) is 0 Å². The predicted molar refractivity (Wildman–Crippen MR) is 12.4 cm³/mol. The fraction of sp³-hybridized carbons (Fsp3) is 0. The Bertz CT molecular complexity index is 7.61. The zero-order valence-electron chi connectivity index (χ0n) is 1.87. The second-order valence-electron chi connectivity index (χ2n) is 0.0505. The molecular formula is Cl2Fe2O. The van der Waals surface area contributed by atoms with E-state index in [1.165, 1.54) is 0 Å². The van der Waals surface area contributed by atoms with Gasteiger partial charge in [-0.05, 0) is 0 Å². The van der Waals surface area contributed by atoms with E-state index in [1.54, 1.807) is 0 Å². The molecule has 1 nitrogen and oxygen atoms in total. The van der Waals surface area contributed by atoms with Gasteiger partial charge in [-0.1, -0.05) is 0 Å². The van der Waals surface area contributed by atoms with E-state index in [1.807, 2.05) is 0 Å². The van der Waals surface area contributed by atoms with E-state index in [2.05, 4.69) is 0 Å². The molecule has 0 aliphatic rings. The molecule has 0 aromatic heterocycles. The molecule has 0 unspecified atom stereocenters. The summed E-state index contributed by atoms with van der Waals surface area (Å²) in [6, 6.07) is 0. The molecule has 0 saturated carbocycles. The molecule has 36 valence electrons. The third kappa shape index (κ3) is 28.7. The van der Waals surface area contributed by atoms with E-state index in [4.69, 9.17) is 20.2 Å². The fourth-order valence-corrected chi connectivity index (χ4v) is 0. The molecule has 0 spiro atoms. The normalized spacial score (nSPS) is 4.40. The van der Waals surface area contributed by atoms with Crippen LogP contribution in [-0.4, -0.2) is 0 Å². The summed E-state index contributed by atoms with van der Waals surface area (Å²) in [5, 5.41) is 0. The first kappa shape index (κ1) is 16.0. The average molecular weight is 199 g/mol. The predicted octanol–water partition coefficient (Wildman–Crippen LogP) is 1.26. The maximum Gasteiger partial charge on any atom is 2.00 e. The Morgan fingerprint density at radius 1 is 1.20 bits per heavy atom. The van der Waals surface area contributed by atoms with Crippen molar-refractivity contribution in [1.82, 2.24) is 0 Å². The van der Waals surface area contributed by atoms with Gasteiger partial charge in [-0.15, -0.1) is 0 Å². The first-order chi connectivity index (χ1) is 1.41. The Morgan fingerprint density at radius 2 is 1.20 bits per heavy atom. The van der Waals surface area contributed by atoms with Crippen LogP contribution < -0.4 is 0 Å². The smallest absolute Gasteiger partial charge is 2.00 e. The van der Waals surface area contributed by atoms with Gasteiger partial charge in [0, 0.05) is 0 Å². The van der Waals surface area contributed by atoms with Gasteiger partial charge in [0.1, 0.15) is 0 Å². The minimum Gasteiger partial charge on any atom is -2.00 e. The molecule has 0 rings (SSSR count). The van der Waals surface area contributed by atoms with E-state index >= 15 is 0 Å². The monoisotopic (exact) mass is 198 g/mol. The number of hydrogen-bond donors (Lipinski definition) is 0. The van der Waals surface area contributed by atoms with E-state index in [-0.39, 0.29) is 35.7 Å². The molecule has 0 heterocycles. The topological polar surface area (TPSA) is 28.5 Å². The molecule has 0 N–H and O–H groups in total. The van der Waals surface area contributed by atoms with Gasteiger partial charge < -0.3 is 5.48 Å². The van der Waals surface area contributed by atoms with Crippen molar-refractivity contribution in [2.45, 2.75) is 0 Å². The maximum atomic E-state index is 4.76. The van der Waals surface area contributed by atoms with Crippen LogP contribution in [0.1, 0.15) is 0 Å². The van der Waals surface area contributed by atoms with Crippen molar-refractivity contribution in [2.75, 3.05) is 0 Å². The molecule has 0 amide bonds. The summed E-state index contributed by atoms with van der Waals surface area (Å²) in [4.78, 5) is 0. The first-order valence-corrected chi connectivity index (χ1v) is 3.31. The fourth-order valence-electron chi connectivity index (χ4n) is 0. The molecule has 0 aromatic rings. The molecule has 5 heavy (non-hydrogen) atoms. The van der Waals surface area contributed by atoms with Crippen molar-refractivity contribution in [3.8, 4) is 0 Å². The Kier molecular flexibility index (Phi) is 56.2. The zero-order valence-corrected chi connectivity index (χ0v) is 5.59. The van der Waals surface area contributed by atoms with Crippen molar-refractivity contribution in [3.05, 3.63) is 0 Å². The summed E-state index contributed by atoms with van der Waals surface area (Å²) in [7, 11) is 9.53. The SMILES string of the molecule is [Cl][Fe][Cl].[Fe+2].[O-2]. The van der Waals surface area contributed by atoms with E-state index < -0.39 is 0 Å². The van der Waals surface area contributed by atoms with Crippen LogP contribution in [0.5, 0.6) is 0 Å². The van der Waals surface area contributed by atoms with Gasteiger partial charge in [-0.2, -0.15) is 0 Å². The van der Waals surface area contributed by atoms with Crippen LogP contribution >= 0.6 is 20.2 Å². The molecule has 0 saturated heterocycles. The Hall–Kier alpha value is 1.58. The van der Waals surface area contributed by atoms with E-state index in [0.717, 1.165) is 0 Å². The summed E-state index contributed by atoms with van der Waals surface area (Å²) in [5.41, 5.74) is 0. The summed E-state index contributed by atoms with van der Waals surface area (Å²) in [5.74, 6) is 0. The molecule has 0 radical (unpaired) electrons. The molecule has 0 aliphatic carbocycles. The van der Waals surface area contributed by atoms with Crippen LogP contribution in [-0.2, 0) is 35.7 Å². The minimum absolute atomic E-state index is 0. The van der Waals surface area contributed by atoms with Gasteiger partial charge in [-0.3, -0.25) is 0 Å². The second-order valence-corrected chi connectivity index (χ2v) is 1.87. The standard InChI is InChI=1S/2ClH.2Fe.O/h2*1H;;;/q;;2*+2;-2/p-2. The van der Waals surface area contributed by atoms with Crippen molar-refractivity contribution in [2.24, 2.45) is 0 Å². The van der Waals surface area contributed by atoms with Crippen molar-refractivity contribution in [3.63, 3.8) is 0 Å². The summed E-state index contributed by atoms with van der Waals surface area (Å²) in [6.07, 6.45) is 0. The van der Waals surface area contributed by atoms with Crippen LogP contribution in [0, 0.1) is 0 Å². The Balaban J connectivity index is -0.0000000200. The van der Waals surface area contributed by atoms with E-state index in [9.17, 15) is 0 Å². The molecule has 0 aromatic carbocycles. The van der Waals surface area contributed by atoms with Crippen molar-refractivity contribution in [1.29, 1.82) is 0 Å². The quantitative estimate of drug-likeness (QED) is 0.525. The summed E-state index contributed by atoms with van der Waals surface area (Å²) in [6.45, 7) is 0. The van der Waals surface area contributed by atoms with Gasteiger partial charge in [0.2, 0.25) is 0 Å². The number of rotatable bonds is 0. The second kappa shape index (κ2) is 17.6. The molecule has 0 fully saturated rings. The maximum absolute atomic E-state index is 4.76. The van der Waals surface area contributed by atoms with Crippen molar-refractivity contribution >= 4 is 20.2 Å². The molecule has 5 heteroatoms. The van der Waals surface area contributed by atoms with Crippen LogP contribution in [0.3, 0.4) is 0 Å². The largest absolute Gasteiger partial charge is 2.00 e. The molecule has 0 bridgehead atoms. The third-order valence-corrected chi connectivity index (χ3v) is 0. The zero-order chi connectivity index (χ0) is 2.71. The van der Waals surface area contributed by atoms with Crippen LogP contribution in [0.2, 0.25) is 0 Å². The molecule has 0 atom stereocenters. The van der Waals surface area contributed by atoms with Crippen molar-refractivity contribution < 1.29 is 35.7 Å². The van der Waals surface area contributed by atoms with Gasteiger partial charge >= 0.3 is 50.4 Å². The van der Waals surface area contributed by atoms with E-state index in [0.29, 0.717) is 0 Å². The number of halogens is 2. The minimum atomic E-state index is 0. The van der Waals surface area contributed by atoms with Gasteiger partial charge in [-0.25, -0.2) is 0 Å². The molecular weight excluding hydrogens is 199 g/mol. The average Bonchev–Trinajstić information content (AvgIpc) is 0.918. The summed E-state index contributed by atoms with van der Waals surface area (Å²) < 4.78 is 0. The summed E-state index contributed by atoms with van der Waals surface area (Å²) >= 11 is 0.194. The Morgan fingerprint density at radius 3 is 1.20 bits per heavy atom. The van der Waals surface area contributed by atoms with Crippen LogP contribution in [0.4, 0.5) is 0 Å². The number of hydrogen-bond acceptors (Lipinski definition) is 0.